The number of rotatable bonds is 5. The quantitative estimate of drug-likeness (QED) is 0.781. The smallest absolute Gasteiger partial charge is 0.153 e. The second-order valence-electron chi connectivity index (χ2n) is 4.47. The molecule has 1 heterocycles. The number of ketones is 1. The minimum Gasteiger partial charge on any atom is -0.384 e. The Hall–Kier alpha value is -1.42. The van der Waals surface area contributed by atoms with Crippen LogP contribution >= 0.6 is 0 Å². The normalized spacial score (nSPS) is 12.8. The number of anilines is 1. The number of hydrogen-bond acceptors (Lipinski definition) is 4. The number of pyridine rings is 1. The Morgan fingerprint density at radius 3 is 2.75 bits per heavy atom. The molecule has 0 aromatic carbocycles. The average molecular weight is 221 g/mol. The van der Waals surface area contributed by atoms with Crippen LogP contribution in [0.15, 0.2) is 18.3 Å². The first-order valence-electron chi connectivity index (χ1n) is 5.47. The molecule has 0 spiro atoms. The Balaban J connectivity index is 2.57. The van der Waals surface area contributed by atoms with Gasteiger partial charge in [0.15, 0.2) is 5.78 Å². The molecule has 4 heteroatoms. The lowest BCUT2D eigenvalue weighted by Crippen LogP contribution is -2.33. The van der Waals surface area contributed by atoms with E-state index in [1.807, 2.05) is 0 Å². The highest BCUT2D eigenvalue weighted by Crippen LogP contribution is 2.09. The third-order valence-corrected chi connectivity index (χ3v) is 2.36. The van der Waals surface area contributed by atoms with Crippen LogP contribution in [0.1, 0.15) is 25.8 Å². The van der Waals surface area contributed by atoms with E-state index in [9.17, 15) is 4.79 Å². The molecule has 4 nitrogen and oxygen atoms in total. The fraction of sp³-hybridized carbons (Fsp3) is 0.500. The van der Waals surface area contributed by atoms with Gasteiger partial charge in [-0.15, -0.1) is 0 Å². The zero-order chi connectivity index (χ0) is 12.1. The van der Waals surface area contributed by atoms with E-state index in [2.05, 4.69) is 18.8 Å². The number of carbonyl (C=O) groups is 1. The maximum Gasteiger partial charge on any atom is 0.153 e. The first-order chi connectivity index (χ1) is 7.49. The molecule has 88 valence electrons. The molecule has 1 rings (SSSR count). The van der Waals surface area contributed by atoms with Crippen molar-refractivity contribution >= 4 is 11.6 Å². The molecule has 0 bridgehead atoms. The van der Waals surface area contributed by atoms with Crippen LogP contribution in [0.4, 0.5) is 5.82 Å². The highest BCUT2D eigenvalue weighted by molar-refractivity contribution is 5.85. The Labute approximate surface area is 96.0 Å². The fourth-order valence-electron chi connectivity index (χ4n) is 1.58. The summed E-state index contributed by atoms with van der Waals surface area (Å²) in [5.41, 5.74) is 12.2. The van der Waals surface area contributed by atoms with Crippen LogP contribution in [0.3, 0.4) is 0 Å². The van der Waals surface area contributed by atoms with E-state index in [0.29, 0.717) is 18.2 Å². The SMILES string of the molecule is CC(C)CC(N)C(=O)Cc1ccnc(N)c1. The number of nitrogens with two attached hydrogens (primary N) is 2. The summed E-state index contributed by atoms with van der Waals surface area (Å²) in [5, 5.41) is 0. The van der Waals surface area contributed by atoms with Crippen LogP contribution in [-0.4, -0.2) is 16.8 Å². The molecular weight excluding hydrogens is 202 g/mol. The molecule has 16 heavy (non-hydrogen) atoms. The van der Waals surface area contributed by atoms with E-state index in [1.54, 1.807) is 18.3 Å². The summed E-state index contributed by atoms with van der Waals surface area (Å²) < 4.78 is 0. The van der Waals surface area contributed by atoms with Gasteiger partial charge < -0.3 is 11.5 Å². The van der Waals surface area contributed by atoms with Gasteiger partial charge in [0.2, 0.25) is 0 Å². The van der Waals surface area contributed by atoms with E-state index in [1.165, 1.54) is 0 Å². The van der Waals surface area contributed by atoms with Gasteiger partial charge in [-0.25, -0.2) is 4.98 Å². The van der Waals surface area contributed by atoms with E-state index in [0.717, 1.165) is 12.0 Å². The van der Waals surface area contributed by atoms with Gasteiger partial charge in [0.25, 0.3) is 0 Å². The van der Waals surface area contributed by atoms with E-state index >= 15 is 0 Å². The molecule has 1 aromatic heterocycles. The van der Waals surface area contributed by atoms with Crippen LogP contribution < -0.4 is 11.5 Å². The zero-order valence-corrected chi connectivity index (χ0v) is 9.81. The lowest BCUT2D eigenvalue weighted by atomic mass is 9.97. The molecule has 1 unspecified atom stereocenters. The molecule has 0 aliphatic carbocycles. The minimum absolute atomic E-state index is 0.0549. The summed E-state index contributed by atoms with van der Waals surface area (Å²) in [6, 6.07) is 3.12. The highest BCUT2D eigenvalue weighted by Gasteiger charge is 2.15. The Kier molecular flexibility index (Phi) is 4.43. The van der Waals surface area contributed by atoms with Gasteiger partial charge in [0.1, 0.15) is 5.82 Å². The third-order valence-electron chi connectivity index (χ3n) is 2.36. The Morgan fingerprint density at radius 1 is 1.50 bits per heavy atom. The topological polar surface area (TPSA) is 82.0 Å². The minimum atomic E-state index is -0.380. The van der Waals surface area contributed by atoms with Gasteiger partial charge in [-0.05, 0) is 30.0 Å². The van der Waals surface area contributed by atoms with Crippen molar-refractivity contribution in [3.63, 3.8) is 0 Å². The van der Waals surface area contributed by atoms with Crippen LogP contribution in [-0.2, 0) is 11.2 Å². The van der Waals surface area contributed by atoms with Crippen molar-refractivity contribution in [2.24, 2.45) is 11.7 Å². The summed E-state index contributed by atoms with van der Waals surface area (Å²) in [7, 11) is 0. The second-order valence-corrected chi connectivity index (χ2v) is 4.47. The summed E-state index contributed by atoms with van der Waals surface area (Å²) in [5.74, 6) is 0.920. The van der Waals surface area contributed by atoms with Crippen LogP contribution in [0.2, 0.25) is 0 Å². The summed E-state index contributed by atoms with van der Waals surface area (Å²) in [6.07, 6.45) is 2.66. The van der Waals surface area contributed by atoms with Crippen LogP contribution in [0.5, 0.6) is 0 Å². The number of hydrogen-bond donors (Lipinski definition) is 2. The van der Waals surface area contributed by atoms with Crippen LogP contribution in [0.25, 0.3) is 0 Å². The molecule has 1 aromatic rings. The summed E-state index contributed by atoms with van der Waals surface area (Å²) in [6.45, 7) is 4.11. The van der Waals surface area contributed by atoms with Gasteiger partial charge >= 0.3 is 0 Å². The molecular formula is C12H19N3O. The van der Waals surface area contributed by atoms with Crippen LogP contribution in [0, 0.1) is 5.92 Å². The van der Waals surface area contributed by atoms with Crippen molar-refractivity contribution in [2.45, 2.75) is 32.7 Å². The molecule has 0 radical (unpaired) electrons. The first kappa shape index (κ1) is 12.6. The van der Waals surface area contributed by atoms with Crippen molar-refractivity contribution in [1.82, 2.24) is 4.98 Å². The molecule has 0 saturated carbocycles. The standard InChI is InChI=1S/C12H19N3O/c1-8(2)5-10(13)11(16)6-9-3-4-15-12(14)7-9/h3-4,7-8,10H,5-6,13H2,1-2H3,(H2,14,15). The maximum atomic E-state index is 11.8. The monoisotopic (exact) mass is 221 g/mol. The Morgan fingerprint density at radius 2 is 2.19 bits per heavy atom. The number of carbonyl (C=O) groups excluding carboxylic acids is 1. The number of Topliss-reactive ketones (excluding diaryl/α,β-unsaturated/α-hetero) is 1. The maximum absolute atomic E-state index is 11.8. The molecule has 1 atom stereocenters. The molecule has 0 aliphatic rings. The molecule has 4 N–H and O–H groups in total. The first-order valence-corrected chi connectivity index (χ1v) is 5.47. The largest absolute Gasteiger partial charge is 0.384 e. The van der Waals surface area contributed by atoms with Gasteiger partial charge in [-0.3, -0.25) is 4.79 Å². The van der Waals surface area contributed by atoms with Crippen molar-refractivity contribution in [3.8, 4) is 0 Å². The van der Waals surface area contributed by atoms with E-state index in [4.69, 9.17) is 11.5 Å². The highest BCUT2D eigenvalue weighted by atomic mass is 16.1. The van der Waals surface area contributed by atoms with E-state index < -0.39 is 0 Å². The summed E-state index contributed by atoms with van der Waals surface area (Å²) >= 11 is 0. The van der Waals surface area contributed by atoms with Gasteiger partial charge in [0.05, 0.1) is 6.04 Å². The number of nitrogen functional groups attached to an aromatic ring is 1. The van der Waals surface area contributed by atoms with Crippen molar-refractivity contribution in [3.05, 3.63) is 23.9 Å². The predicted octanol–water partition coefficient (Wildman–Crippen LogP) is 1.15. The lowest BCUT2D eigenvalue weighted by molar-refractivity contribution is -0.120. The molecule has 0 aliphatic heterocycles. The lowest BCUT2D eigenvalue weighted by Gasteiger charge is -2.12. The van der Waals surface area contributed by atoms with Gasteiger partial charge in [-0.1, -0.05) is 13.8 Å². The third kappa shape index (κ3) is 3.98. The second kappa shape index (κ2) is 5.61. The molecule has 0 saturated heterocycles. The molecule has 0 fully saturated rings. The number of aromatic nitrogens is 1. The number of nitrogens with zero attached hydrogens (tertiary/aromatic N) is 1. The Bertz CT molecular complexity index is 363. The molecule has 0 amide bonds. The van der Waals surface area contributed by atoms with E-state index in [-0.39, 0.29) is 11.8 Å². The van der Waals surface area contributed by atoms with Gasteiger partial charge in [-0.2, -0.15) is 0 Å². The van der Waals surface area contributed by atoms with Gasteiger partial charge in [0, 0.05) is 12.6 Å². The predicted molar refractivity (Wildman–Crippen MR) is 64.8 cm³/mol. The fourth-order valence-corrected chi connectivity index (χ4v) is 1.58. The average Bonchev–Trinajstić information content (AvgIpc) is 2.16. The zero-order valence-electron chi connectivity index (χ0n) is 9.81. The van der Waals surface area contributed by atoms with Crippen molar-refractivity contribution in [1.29, 1.82) is 0 Å². The summed E-state index contributed by atoms with van der Waals surface area (Å²) in [4.78, 5) is 15.6. The van der Waals surface area contributed by atoms with Crippen molar-refractivity contribution in [2.75, 3.05) is 5.73 Å². The van der Waals surface area contributed by atoms with Crippen molar-refractivity contribution < 1.29 is 4.79 Å².